The normalized spacial score (nSPS) is 12.2. The summed E-state index contributed by atoms with van der Waals surface area (Å²) in [6, 6.07) is 7.79. The lowest BCUT2D eigenvalue weighted by Gasteiger charge is -2.09. The van der Waals surface area contributed by atoms with Crippen molar-refractivity contribution in [1.82, 2.24) is 0 Å². The lowest BCUT2D eigenvalue weighted by atomic mass is 10.1. The van der Waals surface area contributed by atoms with Crippen molar-refractivity contribution in [1.29, 1.82) is 0 Å². The third-order valence-corrected chi connectivity index (χ3v) is 2.71. The number of esters is 1. The molecule has 1 aromatic rings. The van der Waals surface area contributed by atoms with Gasteiger partial charge in [-0.05, 0) is 37.5 Å². The lowest BCUT2D eigenvalue weighted by molar-refractivity contribution is -0.153. The second kappa shape index (κ2) is 6.66. The van der Waals surface area contributed by atoms with Gasteiger partial charge in [-0.1, -0.05) is 28.1 Å². The number of rotatable bonds is 5. The van der Waals surface area contributed by atoms with E-state index >= 15 is 0 Å². The fraction of sp³-hybridized carbons (Fsp3) is 0.417. The molecule has 16 heavy (non-hydrogen) atoms. The van der Waals surface area contributed by atoms with E-state index < -0.39 is 12.1 Å². The molecule has 0 saturated heterocycles. The molecule has 0 amide bonds. The Labute approximate surface area is 104 Å². The summed E-state index contributed by atoms with van der Waals surface area (Å²) >= 11 is 3.35. The summed E-state index contributed by atoms with van der Waals surface area (Å²) in [6.45, 7) is 2.02. The van der Waals surface area contributed by atoms with Gasteiger partial charge < -0.3 is 9.84 Å². The number of ether oxygens (including phenoxy) is 1. The Bertz CT molecular complexity index is 335. The second-order valence-corrected chi connectivity index (χ2v) is 4.35. The van der Waals surface area contributed by atoms with Crippen LogP contribution in [0.4, 0.5) is 0 Å². The zero-order valence-corrected chi connectivity index (χ0v) is 10.7. The molecule has 4 heteroatoms. The summed E-state index contributed by atoms with van der Waals surface area (Å²) in [5.41, 5.74) is 1.09. The van der Waals surface area contributed by atoms with E-state index in [2.05, 4.69) is 15.9 Å². The van der Waals surface area contributed by atoms with Gasteiger partial charge in [0, 0.05) is 4.47 Å². The van der Waals surface area contributed by atoms with E-state index in [1.165, 1.54) is 0 Å². The maximum atomic E-state index is 11.1. The molecule has 1 rings (SSSR count). The van der Waals surface area contributed by atoms with E-state index in [-0.39, 0.29) is 0 Å². The van der Waals surface area contributed by atoms with Crippen molar-refractivity contribution in [2.24, 2.45) is 0 Å². The number of halogens is 1. The van der Waals surface area contributed by atoms with Gasteiger partial charge in [0.05, 0.1) is 6.61 Å². The predicted octanol–water partition coefficient (Wildman–Crippen LogP) is 2.31. The molecule has 0 aliphatic rings. The van der Waals surface area contributed by atoms with Crippen LogP contribution in [0.2, 0.25) is 0 Å². The molecule has 0 unspecified atom stereocenters. The highest BCUT2D eigenvalue weighted by molar-refractivity contribution is 9.10. The van der Waals surface area contributed by atoms with Gasteiger partial charge in [0.25, 0.3) is 0 Å². The molecule has 0 aliphatic carbocycles. The van der Waals surface area contributed by atoms with Crippen LogP contribution in [0.25, 0.3) is 0 Å². The molecular weight excluding hydrogens is 272 g/mol. The zero-order chi connectivity index (χ0) is 12.0. The molecule has 3 nitrogen and oxygen atoms in total. The standard InChI is InChI=1S/C12H15BrO3/c1-2-16-12(15)11(14)8-5-9-3-6-10(13)7-4-9/h3-4,6-7,11,14H,2,5,8H2,1H3/t11-/m0/s1. The Kier molecular flexibility index (Phi) is 5.49. The smallest absolute Gasteiger partial charge is 0.334 e. The first-order valence-electron chi connectivity index (χ1n) is 5.22. The largest absolute Gasteiger partial charge is 0.464 e. The van der Waals surface area contributed by atoms with Crippen LogP contribution in [-0.4, -0.2) is 23.8 Å². The van der Waals surface area contributed by atoms with Crippen molar-refractivity contribution >= 4 is 21.9 Å². The molecular formula is C12H15BrO3. The van der Waals surface area contributed by atoms with Crippen LogP contribution in [0.5, 0.6) is 0 Å². The van der Waals surface area contributed by atoms with E-state index in [4.69, 9.17) is 4.74 Å². The SMILES string of the molecule is CCOC(=O)[C@@H](O)CCc1ccc(Br)cc1. The van der Waals surface area contributed by atoms with Gasteiger partial charge in [-0.2, -0.15) is 0 Å². The topological polar surface area (TPSA) is 46.5 Å². The van der Waals surface area contributed by atoms with Crippen molar-refractivity contribution in [3.05, 3.63) is 34.3 Å². The molecule has 0 saturated carbocycles. The number of benzene rings is 1. The highest BCUT2D eigenvalue weighted by Crippen LogP contribution is 2.12. The van der Waals surface area contributed by atoms with Gasteiger partial charge in [-0.25, -0.2) is 4.79 Å². The van der Waals surface area contributed by atoms with Crippen LogP contribution >= 0.6 is 15.9 Å². The van der Waals surface area contributed by atoms with Gasteiger partial charge in [0.15, 0.2) is 6.10 Å². The highest BCUT2D eigenvalue weighted by atomic mass is 79.9. The summed E-state index contributed by atoms with van der Waals surface area (Å²) in [4.78, 5) is 11.1. The number of hydrogen-bond donors (Lipinski definition) is 1. The molecule has 1 atom stereocenters. The van der Waals surface area contributed by atoms with Gasteiger partial charge >= 0.3 is 5.97 Å². The van der Waals surface area contributed by atoms with Gasteiger partial charge in [0.2, 0.25) is 0 Å². The number of carbonyl (C=O) groups excluding carboxylic acids is 1. The number of aliphatic hydroxyl groups excluding tert-OH is 1. The van der Waals surface area contributed by atoms with E-state index in [1.807, 2.05) is 24.3 Å². The molecule has 0 radical (unpaired) electrons. The number of carbonyl (C=O) groups is 1. The molecule has 0 fully saturated rings. The molecule has 0 spiro atoms. The molecule has 1 aromatic carbocycles. The van der Waals surface area contributed by atoms with E-state index in [0.29, 0.717) is 19.4 Å². The Morgan fingerprint density at radius 3 is 2.62 bits per heavy atom. The minimum atomic E-state index is -1.02. The minimum absolute atomic E-state index is 0.300. The summed E-state index contributed by atoms with van der Waals surface area (Å²) in [6.07, 6.45) is 0.0249. The van der Waals surface area contributed by atoms with E-state index in [9.17, 15) is 9.90 Å². The Balaban J connectivity index is 2.39. The van der Waals surface area contributed by atoms with Crippen LogP contribution in [0.15, 0.2) is 28.7 Å². The molecule has 1 N–H and O–H groups in total. The van der Waals surface area contributed by atoms with Crippen LogP contribution in [-0.2, 0) is 16.0 Å². The third kappa shape index (κ3) is 4.33. The number of aliphatic hydroxyl groups is 1. The average molecular weight is 287 g/mol. The van der Waals surface area contributed by atoms with Crippen molar-refractivity contribution in [2.45, 2.75) is 25.9 Å². The van der Waals surface area contributed by atoms with Crippen molar-refractivity contribution in [2.75, 3.05) is 6.61 Å². The number of aryl methyl sites for hydroxylation is 1. The zero-order valence-electron chi connectivity index (χ0n) is 9.15. The van der Waals surface area contributed by atoms with Gasteiger partial charge in [-0.15, -0.1) is 0 Å². The Morgan fingerprint density at radius 1 is 1.44 bits per heavy atom. The van der Waals surface area contributed by atoms with Crippen LogP contribution in [0.3, 0.4) is 0 Å². The minimum Gasteiger partial charge on any atom is -0.464 e. The highest BCUT2D eigenvalue weighted by Gasteiger charge is 2.15. The molecule has 88 valence electrons. The first-order valence-corrected chi connectivity index (χ1v) is 6.02. The molecule has 0 aliphatic heterocycles. The fourth-order valence-corrected chi connectivity index (χ4v) is 1.58. The maximum absolute atomic E-state index is 11.1. The first kappa shape index (κ1) is 13.2. The van der Waals surface area contributed by atoms with E-state index in [0.717, 1.165) is 10.0 Å². The fourth-order valence-electron chi connectivity index (χ4n) is 1.31. The lowest BCUT2D eigenvalue weighted by Crippen LogP contribution is -2.23. The molecule has 0 aromatic heterocycles. The third-order valence-electron chi connectivity index (χ3n) is 2.18. The summed E-state index contributed by atoms with van der Waals surface area (Å²) in [5, 5.41) is 9.48. The average Bonchev–Trinajstić information content (AvgIpc) is 2.28. The summed E-state index contributed by atoms with van der Waals surface area (Å²) in [5.74, 6) is -0.542. The molecule has 0 bridgehead atoms. The summed E-state index contributed by atoms with van der Waals surface area (Å²) in [7, 11) is 0. The van der Waals surface area contributed by atoms with Crippen LogP contribution in [0.1, 0.15) is 18.9 Å². The van der Waals surface area contributed by atoms with Crippen molar-refractivity contribution < 1.29 is 14.6 Å². The second-order valence-electron chi connectivity index (χ2n) is 3.43. The van der Waals surface area contributed by atoms with Gasteiger partial charge in [0.1, 0.15) is 0 Å². The maximum Gasteiger partial charge on any atom is 0.334 e. The summed E-state index contributed by atoms with van der Waals surface area (Å²) < 4.78 is 5.73. The van der Waals surface area contributed by atoms with Crippen LogP contribution < -0.4 is 0 Å². The predicted molar refractivity (Wildman–Crippen MR) is 65.1 cm³/mol. The van der Waals surface area contributed by atoms with Crippen molar-refractivity contribution in [3.63, 3.8) is 0 Å². The quantitative estimate of drug-likeness (QED) is 0.845. The number of hydrogen-bond acceptors (Lipinski definition) is 3. The van der Waals surface area contributed by atoms with E-state index in [1.54, 1.807) is 6.92 Å². The Hall–Kier alpha value is -0.870. The Morgan fingerprint density at radius 2 is 2.06 bits per heavy atom. The van der Waals surface area contributed by atoms with Crippen LogP contribution in [0, 0.1) is 0 Å². The van der Waals surface area contributed by atoms with Gasteiger partial charge in [-0.3, -0.25) is 0 Å². The molecule has 0 heterocycles. The van der Waals surface area contributed by atoms with Crippen molar-refractivity contribution in [3.8, 4) is 0 Å². The monoisotopic (exact) mass is 286 g/mol. The first-order chi connectivity index (χ1) is 7.63.